The highest BCUT2D eigenvalue weighted by Gasteiger charge is 2.02. The number of benzene rings is 1. The molecule has 2 rings (SSSR count). The van der Waals surface area contributed by atoms with E-state index in [0.717, 1.165) is 30.8 Å². The van der Waals surface area contributed by atoms with Gasteiger partial charge in [0.2, 0.25) is 0 Å². The van der Waals surface area contributed by atoms with Crippen molar-refractivity contribution in [2.45, 2.75) is 32.2 Å². The molecule has 2 N–H and O–H groups in total. The van der Waals surface area contributed by atoms with Crippen LogP contribution in [0.5, 0.6) is 0 Å². The van der Waals surface area contributed by atoms with Gasteiger partial charge < -0.3 is 5.73 Å². The van der Waals surface area contributed by atoms with Crippen LogP contribution in [0.15, 0.2) is 42.6 Å². The average molecular weight is 241 g/mol. The van der Waals surface area contributed by atoms with E-state index in [0.29, 0.717) is 0 Å². The third kappa shape index (κ3) is 3.93. The minimum Gasteiger partial charge on any atom is -0.328 e. The number of aryl methyl sites for hydroxylation is 2. The van der Waals surface area contributed by atoms with Gasteiger partial charge in [0, 0.05) is 30.8 Å². The predicted octanol–water partition coefficient (Wildman–Crippen LogP) is 2.15. The Balaban J connectivity index is 1.97. The summed E-state index contributed by atoms with van der Waals surface area (Å²) in [6.45, 7) is 1.99. The van der Waals surface area contributed by atoms with E-state index in [1.165, 1.54) is 5.56 Å². The summed E-state index contributed by atoms with van der Waals surface area (Å²) in [4.78, 5) is 8.85. The first-order chi connectivity index (χ1) is 8.74. The summed E-state index contributed by atoms with van der Waals surface area (Å²) in [5, 5.41) is 0. The lowest BCUT2D eigenvalue weighted by Crippen LogP contribution is -2.19. The zero-order chi connectivity index (χ0) is 12.8. The Bertz CT molecular complexity index is 480. The van der Waals surface area contributed by atoms with Crippen molar-refractivity contribution in [3.05, 3.63) is 59.7 Å². The monoisotopic (exact) mass is 241 g/mol. The van der Waals surface area contributed by atoms with E-state index >= 15 is 0 Å². The van der Waals surface area contributed by atoms with Crippen LogP contribution in [0.25, 0.3) is 0 Å². The van der Waals surface area contributed by atoms with Crippen LogP contribution >= 0.6 is 0 Å². The standard InChI is InChI=1S/C15H19N3/c1-12(16)11-14-9-10-17-15(18-14)8-7-13-5-3-2-4-6-13/h2-6,9-10,12H,7-8,11,16H2,1H3. The highest BCUT2D eigenvalue weighted by atomic mass is 14.9. The molecule has 3 heteroatoms. The molecule has 0 aliphatic carbocycles. The van der Waals surface area contributed by atoms with Crippen molar-refractivity contribution < 1.29 is 0 Å². The zero-order valence-corrected chi connectivity index (χ0v) is 10.7. The molecule has 0 saturated heterocycles. The Morgan fingerprint density at radius 1 is 1.11 bits per heavy atom. The second-order valence-corrected chi connectivity index (χ2v) is 4.63. The summed E-state index contributed by atoms with van der Waals surface area (Å²) in [6.07, 6.45) is 4.48. The minimum absolute atomic E-state index is 0.141. The van der Waals surface area contributed by atoms with Gasteiger partial charge in [-0.3, -0.25) is 0 Å². The lowest BCUT2D eigenvalue weighted by atomic mass is 10.1. The number of nitrogens with two attached hydrogens (primary N) is 1. The van der Waals surface area contributed by atoms with Gasteiger partial charge in [-0.2, -0.15) is 0 Å². The molecular formula is C15H19N3. The second-order valence-electron chi connectivity index (χ2n) is 4.63. The van der Waals surface area contributed by atoms with Crippen molar-refractivity contribution >= 4 is 0 Å². The van der Waals surface area contributed by atoms with Gasteiger partial charge in [-0.25, -0.2) is 9.97 Å². The van der Waals surface area contributed by atoms with Crippen LogP contribution in [-0.4, -0.2) is 16.0 Å². The summed E-state index contributed by atoms with van der Waals surface area (Å²) in [5.74, 6) is 0.900. The Hall–Kier alpha value is -1.74. The minimum atomic E-state index is 0.141. The highest BCUT2D eigenvalue weighted by Crippen LogP contribution is 2.05. The predicted molar refractivity (Wildman–Crippen MR) is 73.2 cm³/mol. The largest absolute Gasteiger partial charge is 0.328 e. The number of nitrogens with zero attached hydrogens (tertiary/aromatic N) is 2. The van der Waals surface area contributed by atoms with Gasteiger partial charge in [-0.15, -0.1) is 0 Å². The molecule has 3 nitrogen and oxygen atoms in total. The summed E-state index contributed by atoms with van der Waals surface area (Å²) >= 11 is 0. The molecule has 1 heterocycles. The van der Waals surface area contributed by atoms with Crippen LogP contribution in [0, 0.1) is 0 Å². The molecule has 0 saturated carbocycles. The fourth-order valence-electron chi connectivity index (χ4n) is 1.91. The molecule has 0 radical (unpaired) electrons. The van der Waals surface area contributed by atoms with Crippen LogP contribution in [0.3, 0.4) is 0 Å². The third-order valence-corrected chi connectivity index (χ3v) is 2.77. The second kappa shape index (κ2) is 6.26. The molecule has 0 fully saturated rings. The number of hydrogen-bond donors (Lipinski definition) is 1. The molecule has 0 aliphatic heterocycles. The van der Waals surface area contributed by atoms with Gasteiger partial charge in [0.15, 0.2) is 0 Å². The van der Waals surface area contributed by atoms with Gasteiger partial charge in [-0.1, -0.05) is 30.3 Å². The maximum Gasteiger partial charge on any atom is 0.128 e. The average Bonchev–Trinajstić information content (AvgIpc) is 2.37. The topological polar surface area (TPSA) is 51.8 Å². The van der Waals surface area contributed by atoms with E-state index < -0.39 is 0 Å². The van der Waals surface area contributed by atoms with Crippen LogP contribution in [0.1, 0.15) is 24.0 Å². The Labute approximate surface area is 108 Å². The maximum atomic E-state index is 5.78. The Kier molecular flexibility index (Phi) is 4.42. The van der Waals surface area contributed by atoms with E-state index in [2.05, 4.69) is 34.2 Å². The molecule has 0 bridgehead atoms. The number of aromatic nitrogens is 2. The Morgan fingerprint density at radius 2 is 1.89 bits per heavy atom. The fourth-order valence-corrected chi connectivity index (χ4v) is 1.91. The molecule has 0 aliphatic rings. The number of hydrogen-bond acceptors (Lipinski definition) is 3. The van der Waals surface area contributed by atoms with Crippen LogP contribution in [0.4, 0.5) is 0 Å². The van der Waals surface area contributed by atoms with Crippen LogP contribution in [-0.2, 0) is 19.3 Å². The maximum absolute atomic E-state index is 5.78. The number of rotatable bonds is 5. The highest BCUT2D eigenvalue weighted by molar-refractivity contribution is 5.15. The summed E-state index contributed by atoms with van der Waals surface area (Å²) in [6, 6.07) is 12.5. The molecule has 1 atom stereocenters. The van der Waals surface area contributed by atoms with E-state index in [4.69, 9.17) is 5.73 Å². The van der Waals surface area contributed by atoms with E-state index in [9.17, 15) is 0 Å². The summed E-state index contributed by atoms with van der Waals surface area (Å²) in [5.41, 5.74) is 8.13. The van der Waals surface area contributed by atoms with Crippen LogP contribution in [0.2, 0.25) is 0 Å². The smallest absolute Gasteiger partial charge is 0.128 e. The lowest BCUT2D eigenvalue weighted by Gasteiger charge is -2.06. The molecule has 94 valence electrons. The molecule has 2 aromatic rings. The summed E-state index contributed by atoms with van der Waals surface area (Å²) in [7, 11) is 0. The van der Waals surface area contributed by atoms with Gasteiger partial charge in [0.25, 0.3) is 0 Å². The van der Waals surface area contributed by atoms with Crippen molar-refractivity contribution in [1.82, 2.24) is 9.97 Å². The molecule has 18 heavy (non-hydrogen) atoms. The van der Waals surface area contributed by atoms with Crippen LogP contribution < -0.4 is 5.73 Å². The third-order valence-electron chi connectivity index (χ3n) is 2.77. The van der Waals surface area contributed by atoms with Crippen molar-refractivity contribution in [1.29, 1.82) is 0 Å². The van der Waals surface area contributed by atoms with Crippen molar-refractivity contribution in [2.24, 2.45) is 5.73 Å². The van der Waals surface area contributed by atoms with Crippen molar-refractivity contribution in [3.8, 4) is 0 Å². The van der Waals surface area contributed by atoms with Crippen molar-refractivity contribution in [2.75, 3.05) is 0 Å². The van der Waals surface area contributed by atoms with Gasteiger partial charge in [-0.05, 0) is 25.0 Å². The first-order valence-corrected chi connectivity index (χ1v) is 6.34. The van der Waals surface area contributed by atoms with E-state index in [-0.39, 0.29) is 6.04 Å². The van der Waals surface area contributed by atoms with E-state index in [1.807, 2.05) is 25.3 Å². The fraction of sp³-hybridized carbons (Fsp3) is 0.333. The van der Waals surface area contributed by atoms with Crippen molar-refractivity contribution in [3.63, 3.8) is 0 Å². The van der Waals surface area contributed by atoms with E-state index in [1.54, 1.807) is 0 Å². The first kappa shape index (κ1) is 12.7. The molecule has 0 amide bonds. The first-order valence-electron chi connectivity index (χ1n) is 6.34. The normalized spacial score (nSPS) is 12.3. The SMILES string of the molecule is CC(N)Cc1ccnc(CCc2ccccc2)n1. The molecule has 1 unspecified atom stereocenters. The van der Waals surface area contributed by atoms with Gasteiger partial charge in [0.05, 0.1) is 0 Å². The lowest BCUT2D eigenvalue weighted by molar-refractivity contribution is 0.709. The molecular weight excluding hydrogens is 222 g/mol. The summed E-state index contributed by atoms with van der Waals surface area (Å²) < 4.78 is 0. The zero-order valence-electron chi connectivity index (χ0n) is 10.7. The molecule has 0 spiro atoms. The molecule has 1 aromatic heterocycles. The van der Waals surface area contributed by atoms with Gasteiger partial charge in [0.1, 0.15) is 5.82 Å². The Morgan fingerprint density at radius 3 is 2.61 bits per heavy atom. The van der Waals surface area contributed by atoms with Gasteiger partial charge >= 0.3 is 0 Å². The quantitative estimate of drug-likeness (QED) is 0.872. The molecule has 1 aromatic carbocycles.